The topological polar surface area (TPSA) is 18.5 Å². The summed E-state index contributed by atoms with van der Waals surface area (Å²) in [6.07, 6.45) is 9.59. The molecule has 0 radical (unpaired) electrons. The number of rotatable bonds is 9. The Bertz CT molecular complexity index is 197. The van der Waals surface area contributed by atoms with Crippen molar-refractivity contribution in [2.24, 2.45) is 5.92 Å². The van der Waals surface area contributed by atoms with Crippen LogP contribution in [0.3, 0.4) is 0 Å². The summed E-state index contributed by atoms with van der Waals surface area (Å²) in [5.41, 5.74) is 0. The van der Waals surface area contributed by atoms with Crippen molar-refractivity contribution in [1.29, 1.82) is 0 Å². The van der Waals surface area contributed by atoms with Gasteiger partial charge in [-0.1, -0.05) is 51.9 Å². The molecule has 2 nitrogen and oxygen atoms in total. The summed E-state index contributed by atoms with van der Waals surface area (Å²) in [6, 6.07) is 2.44. The van der Waals surface area contributed by atoms with Gasteiger partial charge in [0.05, 0.1) is 0 Å². The average Bonchev–Trinajstić information content (AvgIpc) is 2.38. The lowest BCUT2D eigenvalue weighted by Crippen LogP contribution is -2.44. The average molecular weight is 273 g/mol. The van der Waals surface area contributed by atoms with Crippen LogP contribution in [0.25, 0.3) is 0 Å². The van der Waals surface area contributed by atoms with Crippen LogP contribution in [0.1, 0.15) is 65.7 Å². The highest BCUT2D eigenvalue weighted by molar-refractivity contribution is 6.67. The molecule has 0 aromatic carbocycles. The summed E-state index contributed by atoms with van der Waals surface area (Å²) in [5, 5.41) is 0. The molecule has 0 aromatic rings. The highest BCUT2D eigenvalue weighted by Crippen LogP contribution is 2.34. The fraction of sp³-hybridized carbons (Fsp3) is 1.00. The van der Waals surface area contributed by atoms with Gasteiger partial charge >= 0.3 is 8.56 Å². The van der Waals surface area contributed by atoms with E-state index in [-0.39, 0.29) is 0 Å². The van der Waals surface area contributed by atoms with Gasteiger partial charge in [-0.05, 0) is 31.9 Å². The Hall–Kier alpha value is 0.137. The van der Waals surface area contributed by atoms with Gasteiger partial charge in [0.15, 0.2) is 0 Å². The fourth-order valence-corrected chi connectivity index (χ4v) is 7.25. The van der Waals surface area contributed by atoms with Gasteiger partial charge in [-0.15, -0.1) is 0 Å². The Labute approximate surface area is 115 Å². The zero-order valence-corrected chi connectivity index (χ0v) is 13.7. The van der Waals surface area contributed by atoms with Crippen LogP contribution in [0.4, 0.5) is 0 Å². The van der Waals surface area contributed by atoms with Crippen LogP contribution < -0.4 is 0 Å². The lowest BCUT2D eigenvalue weighted by molar-refractivity contribution is 0.172. The van der Waals surface area contributed by atoms with E-state index in [2.05, 4.69) is 20.8 Å². The first-order chi connectivity index (χ1) is 8.76. The molecule has 1 saturated carbocycles. The first kappa shape index (κ1) is 16.2. The minimum Gasteiger partial charge on any atom is -0.394 e. The summed E-state index contributed by atoms with van der Waals surface area (Å²) < 4.78 is 12.4. The second-order valence-corrected chi connectivity index (χ2v) is 8.90. The van der Waals surface area contributed by atoms with Gasteiger partial charge in [0.25, 0.3) is 0 Å². The van der Waals surface area contributed by atoms with E-state index in [4.69, 9.17) is 8.85 Å². The monoisotopic (exact) mass is 272 g/mol. The van der Waals surface area contributed by atoms with Gasteiger partial charge in [0.2, 0.25) is 0 Å². The van der Waals surface area contributed by atoms with Crippen molar-refractivity contribution >= 4 is 8.56 Å². The summed E-state index contributed by atoms with van der Waals surface area (Å²) in [4.78, 5) is 0. The fourth-order valence-electron chi connectivity index (χ4n) is 3.21. The SMILES string of the molecule is CCCC[Si](CC1CCCCC1)(OCC)OCC. The van der Waals surface area contributed by atoms with Gasteiger partial charge in [-0.2, -0.15) is 0 Å². The van der Waals surface area contributed by atoms with Crippen molar-refractivity contribution in [1.82, 2.24) is 0 Å². The Balaban J connectivity index is 2.58. The molecule has 18 heavy (non-hydrogen) atoms. The maximum atomic E-state index is 6.19. The molecule has 0 bridgehead atoms. The molecule has 3 heteroatoms. The molecular weight excluding hydrogens is 240 g/mol. The van der Waals surface area contributed by atoms with Crippen molar-refractivity contribution in [3.63, 3.8) is 0 Å². The first-order valence-corrected chi connectivity index (χ1v) is 10.3. The number of unbranched alkanes of at least 4 members (excludes halogenated alkanes) is 1. The lowest BCUT2D eigenvalue weighted by atomic mass is 9.91. The molecule has 108 valence electrons. The standard InChI is InChI=1S/C15H32O2Si/c1-4-7-13-18(16-5-2,17-6-3)14-15-11-9-8-10-12-15/h15H,4-14H2,1-3H3. The van der Waals surface area contributed by atoms with Gasteiger partial charge in [0.1, 0.15) is 0 Å². The van der Waals surface area contributed by atoms with Crippen molar-refractivity contribution < 1.29 is 8.85 Å². The van der Waals surface area contributed by atoms with Crippen LogP contribution in [0.5, 0.6) is 0 Å². The molecular formula is C15H32O2Si. The molecule has 1 aliphatic carbocycles. The third-order valence-electron chi connectivity index (χ3n) is 4.05. The molecule has 0 aliphatic heterocycles. The molecule has 1 aliphatic rings. The molecule has 0 aromatic heterocycles. The van der Waals surface area contributed by atoms with Crippen LogP contribution in [0.15, 0.2) is 0 Å². The molecule has 0 N–H and O–H groups in total. The molecule has 0 atom stereocenters. The lowest BCUT2D eigenvalue weighted by Gasteiger charge is -2.34. The van der Waals surface area contributed by atoms with Gasteiger partial charge in [-0.25, -0.2) is 0 Å². The van der Waals surface area contributed by atoms with Crippen LogP contribution in [-0.2, 0) is 8.85 Å². The van der Waals surface area contributed by atoms with Crippen molar-refractivity contribution in [3.8, 4) is 0 Å². The van der Waals surface area contributed by atoms with E-state index in [0.717, 1.165) is 19.1 Å². The minimum atomic E-state index is -1.90. The highest BCUT2D eigenvalue weighted by atomic mass is 28.4. The molecule has 0 heterocycles. The molecule has 0 amide bonds. The van der Waals surface area contributed by atoms with Crippen LogP contribution in [0.2, 0.25) is 12.1 Å². The van der Waals surface area contributed by atoms with E-state index in [1.165, 1.54) is 57.0 Å². The summed E-state index contributed by atoms with van der Waals surface area (Å²) in [5.74, 6) is 0.875. The van der Waals surface area contributed by atoms with Crippen molar-refractivity contribution in [2.75, 3.05) is 13.2 Å². The predicted octanol–water partition coefficient (Wildman–Crippen LogP) is 4.88. The summed E-state index contributed by atoms with van der Waals surface area (Å²) in [7, 11) is -1.90. The normalized spacial score (nSPS) is 18.2. The Morgan fingerprint density at radius 3 is 2.06 bits per heavy atom. The summed E-state index contributed by atoms with van der Waals surface area (Å²) in [6.45, 7) is 8.14. The number of hydrogen-bond donors (Lipinski definition) is 0. The van der Waals surface area contributed by atoms with E-state index in [9.17, 15) is 0 Å². The third kappa shape index (κ3) is 5.41. The predicted molar refractivity (Wildman–Crippen MR) is 80.1 cm³/mol. The van der Waals surface area contributed by atoms with Crippen molar-refractivity contribution in [3.05, 3.63) is 0 Å². The summed E-state index contributed by atoms with van der Waals surface area (Å²) >= 11 is 0. The molecule has 1 rings (SSSR count). The Morgan fingerprint density at radius 1 is 0.944 bits per heavy atom. The second kappa shape index (κ2) is 9.11. The molecule has 0 spiro atoms. The second-order valence-electron chi connectivity index (χ2n) is 5.59. The smallest absolute Gasteiger partial charge is 0.338 e. The van der Waals surface area contributed by atoms with E-state index in [1.54, 1.807) is 0 Å². The highest BCUT2D eigenvalue weighted by Gasteiger charge is 2.39. The zero-order valence-electron chi connectivity index (χ0n) is 12.7. The van der Waals surface area contributed by atoms with E-state index >= 15 is 0 Å². The van der Waals surface area contributed by atoms with E-state index < -0.39 is 8.56 Å². The maximum absolute atomic E-state index is 6.19. The van der Waals surface area contributed by atoms with Crippen LogP contribution in [-0.4, -0.2) is 21.8 Å². The maximum Gasteiger partial charge on any atom is 0.338 e. The largest absolute Gasteiger partial charge is 0.394 e. The Kier molecular flexibility index (Phi) is 8.19. The van der Waals surface area contributed by atoms with Crippen molar-refractivity contribution in [2.45, 2.75) is 77.8 Å². The van der Waals surface area contributed by atoms with Gasteiger partial charge in [-0.3, -0.25) is 0 Å². The Morgan fingerprint density at radius 2 is 1.56 bits per heavy atom. The number of hydrogen-bond acceptors (Lipinski definition) is 2. The van der Waals surface area contributed by atoms with Gasteiger partial charge < -0.3 is 8.85 Å². The van der Waals surface area contributed by atoms with E-state index in [0.29, 0.717) is 0 Å². The quantitative estimate of drug-likeness (QED) is 0.557. The van der Waals surface area contributed by atoms with Crippen LogP contribution >= 0.6 is 0 Å². The first-order valence-electron chi connectivity index (χ1n) is 8.04. The third-order valence-corrected chi connectivity index (χ3v) is 7.99. The van der Waals surface area contributed by atoms with Gasteiger partial charge in [0, 0.05) is 13.2 Å². The molecule has 0 unspecified atom stereocenters. The van der Waals surface area contributed by atoms with Crippen LogP contribution in [0, 0.1) is 5.92 Å². The molecule has 1 fully saturated rings. The minimum absolute atomic E-state index is 0.822. The molecule has 0 saturated heterocycles. The van der Waals surface area contributed by atoms with E-state index in [1.807, 2.05) is 0 Å². The zero-order chi connectivity index (χ0) is 13.3.